The molecule has 1 unspecified atom stereocenters. The lowest BCUT2D eigenvalue weighted by molar-refractivity contribution is -0.138. The minimum Gasteiger partial charge on any atom is -0.457 e. The van der Waals surface area contributed by atoms with Gasteiger partial charge in [0, 0.05) is 18.7 Å². The predicted molar refractivity (Wildman–Crippen MR) is 112 cm³/mol. The Hall–Kier alpha value is -2.74. The van der Waals surface area contributed by atoms with E-state index in [1.54, 1.807) is 24.0 Å². The van der Waals surface area contributed by atoms with Gasteiger partial charge in [-0.05, 0) is 63.4 Å². The molecular formula is C24H27FN2O5. The molecule has 4 aliphatic rings. The largest absolute Gasteiger partial charge is 0.457 e. The smallest absolute Gasteiger partial charge is 0.338 e. The summed E-state index contributed by atoms with van der Waals surface area (Å²) in [6.45, 7) is 6.08. The zero-order valence-corrected chi connectivity index (χ0v) is 18.4. The maximum absolute atomic E-state index is 15.2. The van der Waals surface area contributed by atoms with Gasteiger partial charge < -0.3 is 19.3 Å². The van der Waals surface area contributed by atoms with E-state index >= 15 is 4.39 Å². The number of alkyl halides is 1. The highest BCUT2D eigenvalue weighted by Crippen LogP contribution is 2.44. The number of amides is 1. The Kier molecular flexibility index (Phi) is 5.08. The van der Waals surface area contributed by atoms with Crippen LogP contribution in [0.25, 0.3) is 0 Å². The molecule has 4 heterocycles. The molecule has 1 amide bonds. The van der Waals surface area contributed by atoms with Crippen molar-refractivity contribution in [2.75, 3.05) is 32.8 Å². The topological polar surface area (TPSA) is 76.2 Å². The van der Waals surface area contributed by atoms with E-state index in [0.717, 1.165) is 17.5 Å². The van der Waals surface area contributed by atoms with Crippen molar-refractivity contribution in [2.24, 2.45) is 5.41 Å². The van der Waals surface area contributed by atoms with Gasteiger partial charge in [0.25, 0.3) is 0 Å². The summed E-state index contributed by atoms with van der Waals surface area (Å²) >= 11 is 0. The first-order valence-corrected chi connectivity index (χ1v) is 11.2. The van der Waals surface area contributed by atoms with Crippen LogP contribution in [-0.2, 0) is 25.7 Å². The summed E-state index contributed by atoms with van der Waals surface area (Å²) in [5.74, 6) is -0.628. The Bertz CT molecular complexity index is 1040. The van der Waals surface area contributed by atoms with Crippen molar-refractivity contribution >= 4 is 17.8 Å². The second-order valence-electron chi connectivity index (χ2n) is 9.29. The molecule has 32 heavy (non-hydrogen) atoms. The number of halogens is 1. The number of nitrogens with zero attached hydrogens (tertiary/aromatic N) is 2. The number of hydrogen-bond donors (Lipinski definition) is 0. The summed E-state index contributed by atoms with van der Waals surface area (Å²) in [7, 11) is 0. The van der Waals surface area contributed by atoms with Crippen LogP contribution >= 0.6 is 0 Å². The number of benzene rings is 1. The summed E-state index contributed by atoms with van der Waals surface area (Å²) in [5.41, 5.74) is 3.47. The van der Waals surface area contributed by atoms with Crippen LogP contribution in [0.15, 0.2) is 23.4 Å². The van der Waals surface area contributed by atoms with Gasteiger partial charge in [0.2, 0.25) is 5.91 Å². The van der Waals surface area contributed by atoms with Gasteiger partial charge in [0.15, 0.2) is 0 Å². The number of likely N-dealkylation sites (tertiary alicyclic amines) is 2. The van der Waals surface area contributed by atoms with Gasteiger partial charge in [0.1, 0.15) is 19.4 Å². The van der Waals surface area contributed by atoms with Gasteiger partial charge in [-0.3, -0.25) is 4.79 Å². The number of esters is 2. The molecule has 4 aliphatic heterocycles. The molecule has 1 atom stereocenters. The second kappa shape index (κ2) is 7.69. The van der Waals surface area contributed by atoms with Crippen LogP contribution in [-0.4, -0.2) is 60.4 Å². The number of carbonyl (C=O) groups excluding carboxylic acids is 3. The number of rotatable bonds is 4. The van der Waals surface area contributed by atoms with Gasteiger partial charge >= 0.3 is 11.9 Å². The molecule has 1 aromatic carbocycles. The Morgan fingerprint density at radius 3 is 2.38 bits per heavy atom. The number of piperidine rings is 1. The van der Waals surface area contributed by atoms with Crippen molar-refractivity contribution in [3.05, 3.63) is 45.7 Å². The lowest BCUT2D eigenvalue weighted by Crippen LogP contribution is -2.45. The Balaban J connectivity index is 1.23. The van der Waals surface area contributed by atoms with E-state index in [-0.39, 0.29) is 37.6 Å². The first-order valence-electron chi connectivity index (χ1n) is 11.2. The van der Waals surface area contributed by atoms with Crippen LogP contribution < -0.4 is 0 Å². The van der Waals surface area contributed by atoms with Crippen LogP contribution in [0, 0.1) is 12.3 Å². The molecule has 170 valence electrons. The molecule has 1 spiro atoms. The Labute approximate surface area is 186 Å². The molecule has 0 aliphatic carbocycles. The van der Waals surface area contributed by atoms with E-state index in [9.17, 15) is 14.4 Å². The molecule has 1 aromatic rings. The number of carbonyl (C=O) groups is 3. The number of ether oxygens (including phenoxy) is 2. The average molecular weight is 442 g/mol. The standard InChI is InChI=1S/C24H27FN2O5/c1-14-16(3-4-17-18(14)12-31-22(17)29)19(25)11-26-8-5-24(6-9-26)7-10-27(23(24)30)20-13-32-21(28)15(20)2/h3-4,19H,5-13H2,1-2H3. The van der Waals surface area contributed by atoms with E-state index in [4.69, 9.17) is 9.47 Å². The third kappa shape index (κ3) is 3.23. The van der Waals surface area contributed by atoms with Crippen molar-refractivity contribution in [3.8, 4) is 0 Å². The average Bonchev–Trinajstić information content (AvgIpc) is 3.42. The van der Waals surface area contributed by atoms with Crippen molar-refractivity contribution in [1.29, 1.82) is 0 Å². The summed E-state index contributed by atoms with van der Waals surface area (Å²) in [6, 6.07) is 3.35. The molecule has 0 saturated carbocycles. The number of cyclic esters (lactones) is 2. The lowest BCUT2D eigenvalue weighted by atomic mass is 9.77. The lowest BCUT2D eigenvalue weighted by Gasteiger charge is -2.38. The summed E-state index contributed by atoms with van der Waals surface area (Å²) in [5, 5.41) is 0. The molecule has 2 fully saturated rings. The van der Waals surface area contributed by atoms with Crippen LogP contribution in [0.3, 0.4) is 0 Å². The first kappa shape index (κ1) is 21.1. The summed E-state index contributed by atoms with van der Waals surface area (Å²) < 4.78 is 25.4. The number of hydrogen-bond acceptors (Lipinski definition) is 6. The van der Waals surface area contributed by atoms with Crippen molar-refractivity contribution in [1.82, 2.24) is 9.80 Å². The highest BCUT2D eigenvalue weighted by Gasteiger charge is 2.50. The fourth-order valence-corrected chi connectivity index (χ4v) is 5.49. The zero-order chi connectivity index (χ0) is 22.6. The van der Waals surface area contributed by atoms with E-state index in [2.05, 4.69) is 4.90 Å². The van der Waals surface area contributed by atoms with Crippen LogP contribution in [0.4, 0.5) is 4.39 Å². The Morgan fingerprint density at radius 1 is 1.00 bits per heavy atom. The van der Waals surface area contributed by atoms with E-state index in [1.807, 2.05) is 6.92 Å². The monoisotopic (exact) mass is 442 g/mol. The molecule has 8 heteroatoms. The maximum atomic E-state index is 15.2. The van der Waals surface area contributed by atoms with E-state index in [1.165, 1.54) is 0 Å². The highest BCUT2D eigenvalue weighted by atomic mass is 19.1. The van der Waals surface area contributed by atoms with Crippen LogP contribution in [0.1, 0.15) is 59.4 Å². The molecule has 0 radical (unpaired) electrons. The van der Waals surface area contributed by atoms with Crippen molar-refractivity contribution < 1.29 is 28.2 Å². The molecule has 5 rings (SSSR count). The van der Waals surface area contributed by atoms with E-state index in [0.29, 0.717) is 54.9 Å². The van der Waals surface area contributed by atoms with Crippen molar-refractivity contribution in [2.45, 2.75) is 45.9 Å². The summed E-state index contributed by atoms with van der Waals surface area (Å²) in [6.07, 6.45) is 0.945. The molecular weight excluding hydrogens is 415 g/mol. The van der Waals surface area contributed by atoms with Gasteiger partial charge in [-0.1, -0.05) is 6.07 Å². The van der Waals surface area contributed by atoms with Gasteiger partial charge in [-0.2, -0.15) is 0 Å². The molecule has 0 bridgehead atoms. The molecule has 2 saturated heterocycles. The fraction of sp³-hybridized carbons (Fsp3) is 0.542. The third-order valence-electron chi connectivity index (χ3n) is 7.69. The zero-order valence-electron chi connectivity index (χ0n) is 18.4. The minimum absolute atomic E-state index is 0.0701. The normalized spacial score (nSPS) is 23.7. The first-order chi connectivity index (χ1) is 15.3. The van der Waals surface area contributed by atoms with Crippen LogP contribution in [0.2, 0.25) is 0 Å². The van der Waals surface area contributed by atoms with Gasteiger partial charge in [0.05, 0.1) is 22.2 Å². The third-order valence-corrected chi connectivity index (χ3v) is 7.69. The van der Waals surface area contributed by atoms with Crippen LogP contribution in [0.5, 0.6) is 0 Å². The van der Waals surface area contributed by atoms with Crippen molar-refractivity contribution in [3.63, 3.8) is 0 Å². The quantitative estimate of drug-likeness (QED) is 0.668. The fourth-order valence-electron chi connectivity index (χ4n) is 5.49. The summed E-state index contributed by atoms with van der Waals surface area (Å²) in [4.78, 5) is 40.5. The SMILES string of the molecule is CC1=C(N2CCC3(CCN(CC(F)c4ccc5c(c4C)COC5=O)CC3)C2=O)COC1=O. The predicted octanol–water partition coefficient (Wildman–Crippen LogP) is 2.82. The van der Waals surface area contributed by atoms with Gasteiger partial charge in [-0.15, -0.1) is 0 Å². The van der Waals surface area contributed by atoms with E-state index < -0.39 is 11.6 Å². The minimum atomic E-state index is -1.17. The highest BCUT2D eigenvalue weighted by molar-refractivity contribution is 5.94. The molecule has 7 nitrogen and oxygen atoms in total. The Morgan fingerprint density at radius 2 is 1.69 bits per heavy atom. The second-order valence-corrected chi connectivity index (χ2v) is 9.29. The maximum Gasteiger partial charge on any atom is 0.338 e. The molecule has 0 aromatic heterocycles. The number of fused-ring (bicyclic) bond motifs is 1. The van der Waals surface area contributed by atoms with Gasteiger partial charge in [-0.25, -0.2) is 14.0 Å². The molecule has 0 N–H and O–H groups in total.